The lowest BCUT2D eigenvalue weighted by atomic mass is 10.00. The summed E-state index contributed by atoms with van der Waals surface area (Å²) in [4.78, 5) is 15.6. The summed E-state index contributed by atoms with van der Waals surface area (Å²) in [5.41, 5.74) is 11.5. The van der Waals surface area contributed by atoms with Gasteiger partial charge in [-0.15, -0.1) is 5.10 Å². The SMILES string of the molecule is Nc1ncc(CN2CCc3ccccc3C2)c2nc(-c3cccnc3)nn12. The molecule has 1 aliphatic heterocycles. The Bertz CT molecular complexity index is 1100. The van der Waals surface area contributed by atoms with Gasteiger partial charge >= 0.3 is 0 Å². The molecule has 1 aromatic carbocycles. The molecule has 4 heterocycles. The number of anilines is 1. The van der Waals surface area contributed by atoms with Crippen molar-refractivity contribution in [3.8, 4) is 11.4 Å². The highest BCUT2D eigenvalue weighted by molar-refractivity contribution is 5.60. The fourth-order valence-electron chi connectivity index (χ4n) is 3.60. The quantitative estimate of drug-likeness (QED) is 0.606. The first-order valence-corrected chi connectivity index (χ1v) is 8.97. The van der Waals surface area contributed by atoms with Crippen molar-refractivity contribution in [2.45, 2.75) is 19.5 Å². The van der Waals surface area contributed by atoms with E-state index in [2.05, 4.69) is 44.2 Å². The van der Waals surface area contributed by atoms with Crippen molar-refractivity contribution in [2.24, 2.45) is 0 Å². The van der Waals surface area contributed by atoms with Gasteiger partial charge in [0.25, 0.3) is 0 Å². The molecule has 0 amide bonds. The van der Waals surface area contributed by atoms with Gasteiger partial charge in [-0.05, 0) is 29.7 Å². The molecule has 0 radical (unpaired) electrons. The van der Waals surface area contributed by atoms with E-state index < -0.39 is 0 Å². The van der Waals surface area contributed by atoms with Gasteiger partial charge in [-0.2, -0.15) is 4.52 Å². The first-order valence-electron chi connectivity index (χ1n) is 8.97. The van der Waals surface area contributed by atoms with E-state index in [4.69, 9.17) is 10.7 Å². The number of pyridine rings is 1. The van der Waals surface area contributed by atoms with Gasteiger partial charge in [0.05, 0.1) is 0 Å². The van der Waals surface area contributed by atoms with Crippen molar-refractivity contribution in [3.63, 3.8) is 0 Å². The Balaban J connectivity index is 1.49. The molecular formula is C20H19N7. The van der Waals surface area contributed by atoms with Gasteiger partial charge in [0, 0.05) is 49.4 Å². The van der Waals surface area contributed by atoms with Crippen LogP contribution < -0.4 is 5.73 Å². The van der Waals surface area contributed by atoms with Crippen molar-refractivity contribution in [1.29, 1.82) is 0 Å². The smallest absolute Gasteiger partial charge is 0.223 e. The molecule has 0 bridgehead atoms. The molecule has 0 aliphatic carbocycles. The number of benzene rings is 1. The number of rotatable bonds is 3. The molecule has 0 saturated heterocycles. The van der Waals surface area contributed by atoms with Gasteiger partial charge in [-0.1, -0.05) is 24.3 Å². The van der Waals surface area contributed by atoms with Gasteiger partial charge in [-0.3, -0.25) is 9.88 Å². The maximum absolute atomic E-state index is 6.03. The van der Waals surface area contributed by atoms with Gasteiger partial charge < -0.3 is 5.73 Å². The summed E-state index contributed by atoms with van der Waals surface area (Å²) in [6.45, 7) is 2.70. The summed E-state index contributed by atoms with van der Waals surface area (Å²) in [6.07, 6.45) is 6.35. The molecule has 4 aromatic rings. The summed E-state index contributed by atoms with van der Waals surface area (Å²) in [5.74, 6) is 0.938. The zero-order valence-corrected chi connectivity index (χ0v) is 14.8. The number of nitrogen functional groups attached to an aromatic ring is 1. The molecule has 7 nitrogen and oxygen atoms in total. The molecule has 0 fully saturated rings. The normalized spacial score (nSPS) is 14.4. The van der Waals surface area contributed by atoms with E-state index in [1.807, 2.05) is 18.3 Å². The largest absolute Gasteiger partial charge is 0.368 e. The lowest BCUT2D eigenvalue weighted by Gasteiger charge is -2.28. The summed E-state index contributed by atoms with van der Waals surface area (Å²) < 4.78 is 1.62. The Hall–Kier alpha value is -3.32. The average molecular weight is 357 g/mol. The standard InChI is InChI=1S/C20H19N7/c21-20-23-11-17(13-26-9-7-14-4-1-2-5-16(14)12-26)19-24-18(25-27(19)20)15-6-3-8-22-10-15/h1-6,8,10-11H,7,9,12-13H2,(H2,21,23). The second-order valence-electron chi connectivity index (χ2n) is 6.78. The van der Waals surface area contributed by atoms with Crippen LogP contribution in [0.25, 0.3) is 17.0 Å². The highest BCUT2D eigenvalue weighted by Gasteiger charge is 2.19. The van der Waals surface area contributed by atoms with Crippen LogP contribution in [0.1, 0.15) is 16.7 Å². The summed E-state index contributed by atoms with van der Waals surface area (Å²) in [6, 6.07) is 12.4. The first kappa shape index (κ1) is 15.9. The zero-order chi connectivity index (χ0) is 18.2. The van der Waals surface area contributed by atoms with E-state index in [1.54, 1.807) is 16.9 Å². The molecule has 0 spiro atoms. The third-order valence-electron chi connectivity index (χ3n) is 4.99. The third kappa shape index (κ3) is 2.92. The molecule has 0 saturated carbocycles. The average Bonchev–Trinajstić information content (AvgIpc) is 3.17. The maximum atomic E-state index is 6.03. The molecule has 3 aromatic heterocycles. The summed E-state index contributed by atoms with van der Waals surface area (Å²) in [7, 11) is 0. The van der Waals surface area contributed by atoms with Crippen LogP contribution >= 0.6 is 0 Å². The molecule has 7 heteroatoms. The predicted molar refractivity (Wildman–Crippen MR) is 103 cm³/mol. The molecule has 0 atom stereocenters. The zero-order valence-electron chi connectivity index (χ0n) is 14.8. The number of fused-ring (bicyclic) bond motifs is 2. The first-order chi connectivity index (χ1) is 13.3. The minimum Gasteiger partial charge on any atom is -0.368 e. The molecule has 27 heavy (non-hydrogen) atoms. The van der Waals surface area contributed by atoms with Crippen LogP contribution in [-0.4, -0.2) is 36.0 Å². The highest BCUT2D eigenvalue weighted by Crippen LogP contribution is 2.23. The Kier molecular flexibility index (Phi) is 3.79. The van der Waals surface area contributed by atoms with Crippen LogP contribution in [0.2, 0.25) is 0 Å². The van der Waals surface area contributed by atoms with Crippen LogP contribution in [-0.2, 0) is 19.5 Å². The monoisotopic (exact) mass is 357 g/mol. The molecule has 5 rings (SSSR count). The molecule has 2 N–H and O–H groups in total. The maximum Gasteiger partial charge on any atom is 0.223 e. The van der Waals surface area contributed by atoms with Crippen LogP contribution in [0.15, 0.2) is 55.0 Å². The highest BCUT2D eigenvalue weighted by atomic mass is 15.3. The number of hydrogen-bond acceptors (Lipinski definition) is 6. The minimum absolute atomic E-state index is 0.334. The Morgan fingerprint density at radius 1 is 1.04 bits per heavy atom. The van der Waals surface area contributed by atoms with Gasteiger partial charge in [0.2, 0.25) is 5.95 Å². The second kappa shape index (κ2) is 6.44. The number of aromatic nitrogens is 5. The number of hydrogen-bond donors (Lipinski definition) is 1. The summed E-state index contributed by atoms with van der Waals surface area (Å²) >= 11 is 0. The molecule has 134 valence electrons. The van der Waals surface area contributed by atoms with Crippen LogP contribution in [0, 0.1) is 0 Å². The topological polar surface area (TPSA) is 85.2 Å². The van der Waals surface area contributed by atoms with Crippen molar-refractivity contribution in [2.75, 3.05) is 12.3 Å². The van der Waals surface area contributed by atoms with Crippen molar-refractivity contribution in [3.05, 3.63) is 71.7 Å². The fourth-order valence-corrected chi connectivity index (χ4v) is 3.60. The number of nitrogens with two attached hydrogens (primary N) is 1. The van der Waals surface area contributed by atoms with Crippen molar-refractivity contribution in [1.82, 2.24) is 29.5 Å². The number of nitrogens with zero attached hydrogens (tertiary/aromatic N) is 6. The van der Waals surface area contributed by atoms with Gasteiger partial charge in [0.1, 0.15) is 0 Å². The van der Waals surface area contributed by atoms with Gasteiger partial charge in [0.15, 0.2) is 11.5 Å². The van der Waals surface area contributed by atoms with Gasteiger partial charge in [-0.25, -0.2) is 9.97 Å². The van der Waals surface area contributed by atoms with E-state index in [-0.39, 0.29) is 0 Å². The Labute approximate surface area is 156 Å². The lowest BCUT2D eigenvalue weighted by Crippen LogP contribution is -2.30. The fraction of sp³-hybridized carbons (Fsp3) is 0.200. The predicted octanol–water partition coefficient (Wildman–Crippen LogP) is 2.33. The molecule has 1 aliphatic rings. The molecular weight excluding hydrogens is 338 g/mol. The van der Waals surface area contributed by atoms with E-state index in [0.717, 1.165) is 42.8 Å². The molecule has 0 unspecified atom stereocenters. The van der Waals surface area contributed by atoms with Crippen LogP contribution in [0.5, 0.6) is 0 Å². The Morgan fingerprint density at radius 2 is 1.93 bits per heavy atom. The summed E-state index contributed by atoms with van der Waals surface area (Å²) in [5, 5.41) is 4.53. The van der Waals surface area contributed by atoms with E-state index in [1.165, 1.54) is 11.1 Å². The Morgan fingerprint density at radius 3 is 2.78 bits per heavy atom. The van der Waals surface area contributed by atoms with Crippen LogP contribution in [0.3, 0.4) is 0 Å². The lowest BCUT2D eigenvalue weighted by molar-refractivity contribution is 0.246. The van der Waals surface area contributed by atoms with E-state index in [9.17, 15) is 0 Å². The van der Waals surface area contributed by atoms with E-state index >= 15 is 0 Å². The van der Waals surface area contributed by atoms with Crippen LogP contribution in [0.4, 0.5) is 5.95 Å². The van der Waals surface area contributed by atoms with Crippen molar-refractivity contribution >= 4 is 11.6 Å². The van der Waals surface area contributed by atoms with Crippen molar-refractivity contribution < 1.29 is 0 Å². The minimum atomic E-state index is 0.334. The van der Waals surface area contributed by atoms with E-state index in [0.29, 0.717) is 11.8 Å². The third-order valence-corrected chi connectivity index (χ3v) is 4.99. The second-order valence-corrected chi connectivity index (χ2v) is 6.78.